The second-order valence-corrected chi connectivity index (χ2v) is 3.51. The molecule has 3 N–H and O–H groups in total. The highest BCUT2D eigenvalue weighted by molar-refractivity contribution is 5.52. The summed E-state index contributed by atoms with van der Waals surface area (Å²) in [4.78, 5) is 2.28. The van der Waals surface area contributed by atoms with E-state index in [9.17, 15) is 4.39 Å². The maximum absolute atomic E-state index is 13.2. The van der Waals surface area contributed by atoms with Crippen molar-refractivity contribution in [2.45, 2.75) is 0 Å². The Balaban J connectivity index is 1.87. The van der Waals surface area contributed by atoms with Gasteiger partial charge in [0.2, 0.25) is 0 Å². The minimum absolute atomic E-state index is 0.282. The van der Waals surface area contributed by atoms with Crippen molar-refractivity contribution in [3.05, 3.63) is 24.0 Å². The van der Waals surface area contributed by atoms with Gasteiger partial charge >= 0.3 is 0 Å². The van der Waals surface area contributed by atoms with Gasteiger partial charge in [0.15, 0.2) is 0 Å². The van der Waals surface area contributed by atoms with Crippen molar-refractivity contribution in [1.82, 2.24) is 4.90 Å². The van der Waals surface area contributed by atoms with Crippen LogP contribution >= 0.6 is 0 Å². The Hall–Kier alpha value is -1.29. The first-order chi connectivity index (χ1) is 6.75. The van der Waals surface area contributed by atoms with Crippen molar-refractivity contribution < 1.29 is 4.39 Å². The van der Waals surface area contributed by atoms with Crippen molar-refractivity contribution >= 4 is 11.4 Å². The van der Waals surface area contributed by atoms with Gasteiger partial charge in [0.1, 0.15) is 5.82 Å². The number of rotatable bonds is 4. The number of nitrogen functional groups attached to an aromatic ring is 1. The van der Waals surface area contributed by atoms with Gasteiger partial charge in [-0.15, -0.1) is 0 Å². The Morgan fingerprint density at radius 2 is 2.21 bits per heavy atom. The molecule has 14 heavy (non-hydrogen) atoms. The lowest BCUT2D eigenvalue weighted by Crippen LogP contribution is -2.13. The van der Waals surface area contributed by atoms with Crippen LogP contribution in [0.2, 0.25) is 0 Å². The van der Waals surface area contributed by atoms with E-state index in [0.29, 0.717) is 11.4 Å². The van der Waals surface area contributed by atoms with Gasteiger partial charge in [-0.25, -0.2) is 4.39 Å². The van der Waals surface area contributed by atoms with Gasteiger partial charge in [-0.2, -0.15) is 0 Å². The van der Waals surface area contributed by atoms with Crippen molar-refractivity contribution in [1.29, 1.82) is 0 Å². The van der Waals surface area contributed by atoms with Crippen molar-refractivity contribution in [2.75, 3.05) is 37.2 Å². The molecule has 0 bridgehead atoms. The third-order valence-corrected chi connectivity index (χ3v) is 2.28. The highest BCUT2D eigenvalue weighted by atomic mass is 19.1. The first kappa shape index (κ1) is 9.27. The molecule has 0 saturated carbocycles. The van der Waals surface area contributed by atoms with Crippen molar-refractivity contribution in [3.8, 4) is 0 Å². The van der Waals surface area contributed by atoms with E-state index in [1.807, 2.05) is 0 Å². The summed E-state index contributed by atoms with van der Waals surface area (Å²) in [5.41, 5.74) is 6.42. The van der Waals surface area contributed by atoms with Crippen LogP contribution in [-0.2, 0) is 0 Å². The van der Waals surface area contributed by atoms with E-state index >= 15 is 0 Å². The average molecular weight is 195 g/mol. The molecule has 1 aliphatic rings. The molecule has 0 unspecified atom stereocenters. The summed E-state index contributed by atoms with van der Waals surface area (Å²) >= 11 is 0. The number of nitrogens with one attached hydrogen (secondary N) is 1. The predicted molar refractivity (Wildman–Crippen MR) is 55.7 cm³/mol. The van der Waals surface area contributed by atoms with Crippen LogP contribution in [0.3, 0.4) is 0 Å². The van der Waals surface area contributed by atoms with E-state index < -0.39 is 0 Å². The molecule has 4 heteroatoms. The lowest BCUT2D eigenvalue weighted by atomic mass is 10.2. The molecule has 2 rings (SSSR count). The quantitative estimate of drug-likeness (QED) is 0.559. The van der Waals surface area contributed by atoms with Gasteiger partial charge in [-0.05, 0) is 18.2 Å². The monoisotopic (exact) mass is 195 g/mol. The molecule has 0 aliphatic carbocycles. The molecular weight excluding hydrogens is 181 g/mol. The average Bonchev–Trinajstić information content (AvgIpc) is 2.92. The predicted octanol–water partition coefficient (Wildman–Crippen LogP) is 1.14. The maximum Gasteiger partial charge on any atom is 0.148 e. The minimum Gasteiger partial charge on any atom is -0.399 e. The van der Waals surface area contributed by atoms with E-state index in [0.717, 1.165) is 13.1 Å². The normalized spacial score (nSPS) is 15.5. The van der Waals surface area contributed by atoms with Crippen LogP contribution in [0, 0.1) is 5.82 Å². The standard InChI is InChI=1S/C10H14FN3/c11-9-7-8(12)1-2-10(9)13-3-4-14-5-6-14/h1-2,7,13H,3-6,12H2. The van der Waals surface area contributed by atoms with Crippen LogP contribution in [0.1, 0.15) is 0 Å². The molecule has 76 valence electrons. The van der Waals surface area contributed by atoms with Gasteiger partial charge < -0.3 is 11.1 Å². The Labute approximate surface area is 82.7 Å². The third-order valence-electron chi connectivity index (χ3n) is 2.28. The molecule has 0 spiro atoms. The summed E-state index contributed by atoms with van der Waals surface area (Å²) < 4.78 is 13.2. The molecule has 1 saturated heterocycles. The summed E-state index contributed by atoms with van der Waals surface area (Å²) in [6.07, 6.45) is 0. The second-order valence-electron chi connectivity index (χ2n) is 3.51. The molecule has 1 aromatic carbocycles. The maximum atomic E-state index is 13.2. The SMILES string of the molecule is Nc1ccc(NCCN2CC2)c(F)c1. The lowest BCUT2D eigenvalue weighted by Gasteiger charge is -2.07. The molecule has 3 nitrogen and oxygen atoms in total. The molecule has 0 atom stereocenters. The van der Waals surface area contributed by atoms with Gasteiger partial charge in [-0.3, -0.25) is 4.90 Å². The Kier molecular flexibility index (Phi) is 2.54. The van der Waals surface area contributed by atoms with Crippen LogP contribution in [0.5, 0.6) is 0 Å². The summed E-state index contributed by atoms with van der Waals surface area (Å²) in [5, 5.41) is 3.04. The van der Waals surface area contributed by atoms with E-state index in [1.165, 1.54) is 19.2 Å². The molecule has 1 aromatic rings. The fourth-order valence-corrected chi connectivity index (χ4v) is 1.32. The molecule has 0 aromatic heterocycles. The Bertz CT molecular complexity index is 323. The molecule has 0 radical (unpaired) electrons. The van der Waals surface area contributed by atoms with Gasteiger partial charge in [0.05, 0.1) is 5.69 Å². The first-order valence-corrected chi connectivity index (χ1v) is 4.77. The molecule has 1 aliphatic heterocycles. The van der Waals surface area contributed by atoms with Gasteiger partial charge in [0.25, 0.3) is 0 Å². The van der Waals surface area contributed by atoms with Crippen molar-refractivity contribution in [3.63, 3.8) is 0 Å². The summed E-state index contributed by atoms with van der Waals surface area (Å²) in [7, 11) is 0. The highest BCUT2D eigenvalue weighted by Gasteiger charge is 2.15. The molecule has 0 amide bonds. The summed E-state index contributed by atoms with van der Waals surface area (Å²) in [6, 6.07) is 4.70. The summed E-state index contributed by atoms with van der Waals surface area (Å²) in [5.74, 6) is -0.282. The third kappa shape index (κ3) is 2.35. The van der Waals surface area contributed by atoms with E-state index in [1.54, 1.807) is 12.1 Å². The number of hydrogen-bond donors (Lipinski definition) is 2. The first-order valence-electron chi connectivity index (χ1n) is 4.77. The Morgan fingerprint density at radius 1 is 1.43 bits per heavy atom. The number of hydrogen-bond acceptors (Lipinski definition) is 3. The number of benzene rings is 1. The smallest absolute Gasteiger partial charge is 0.148 e. The topological polar surface area (TPSA) is 41.1 Å². The fraction of sp³-hybridized carbons (Fsp3) is 0.400. The van der Waals surface area contributed by atoms with Crippen LogP contribution < -0.4 is 11.1 Å². The number of nitrogens with two attached hydrogens (primary N) is 1. The van der Waals surface area contributed by atoms with Crippen LogP contribution in [0.4, 0.5) is 15.8 Å². The van der Waals surface area contributed by atoms with Crippen molar-refractivity contribution in [2.24, 2.45) is 0 Å². The lowest BCUT2D eigenvalue weighted by molar-refractivity contribution is 0.575. The van der Waals surface area contributed by atoms with E-state index in [4.69, 9.17) is 5.73 Å². The van der Waals surface area contributed by atoms with Crippen LogP contribution in [0.25, 0.3) is 0 Å². The molecule has 1 fully saturated rings. The number of halogens is 1. The minimum atomic E-state index is -0.282. The largest absolute Gasteiger partial charge is 0.399 e. The van der Waals surface area contributed by atoms with Gasteiger partial charge in [-0.1, -0.05) is 0 Å². The van der Waals surface area contributed by atoms with Crippen LogP contribution in [-0.4, -0.2) is 31.1 Å². The second kappa shape index (κ2) is 3.84. The van der Waals surface area contributed by atoms with E-state index in [-0.39, 0.29) is 5.82 Å². The fourth-order valence-electron chi connectivity index (χ4n) is 1.32. The summed E-state index contributed by atoms with van der Waals surface area (Å²) in [6.45, 7) is 4.10. The number of anilines is 2. The Morgan fingerprint density at radius 3 is 2.86 bits per heavy atom. The van der Waals surface area contributed by atoms with Gasteiger partial charge in [0, 0.05) is 31.9 Å². The molecular formula is C10H14FN3. The van der Waals surface area contributed by atoms with E-state index in [2.05, 4.69) is 10.2 Å². The zero-order valence-electron chi connectivity index (χ0n) is 7.96. The highest BCUT2D eigenvalue weighted by Crippen LogP contribution is 2.16. The molecule has 1 heterocycles. The van der Waals surface area contributed by atoms with Crippen LogP contribution in [0.15, 0.2) is 18.2 Å². The zero-order valence-corrected chi connectivity index (χ0v) is 7.96. The zero-order chi connectivity index (χ0) is 9.97. The number of nitrogens with zero attached hydrogens (tertiary/aromatic N) is 1.